The number of halogens is 1. The van der Waals surface area contributed by atoms with Crippen LogP contribution in [0.15, 0.2) is 46.9 Å². The maximum atomic E-state index is 13.9. The van der Waals surface area contributed by atoms with Crippen LogP contribution in [-0.4, -0.2) is 16.7 Å². The number of carbonyl (C=O) groups is 2. The number of nitrogens with one attached hydrogen (secondary N) is 1. The zero-order valence-corrected chi connectivity index (χ0v) is 15.3. The fourth-order valence-corrected chi connectivity index (χ4v) is 2.66. The van der Waals surface area contributed by atoms with E-state index in [0.717, 1.165) is 5.56 Å². The SMILES string of the molecule is CC(=O)c1ccc(C)c(NC(=O)Cc2nc(-c3ccccc3F)oc2C)c1. The second-order valence-electron chi connectivity index (χ2n) is 6.31. The number of carbonyl (C=O) groups excluding carboxylic acids is 2. The zero-order chi connectivity index (χ0) is 19.6. The molecule has 0 aliphatic rings. The lowest BCUT2D eigenvalue weighted by Crippen LogP contribution is -2.16. The lowest BCUT2D eigenvalue weighted by molar-refractivity contribution is -0.115. The van der Waals surface area contributed by atoms with E-state index in [1.807, 2.05) is 6.92 Å². The number of ketones is 1. The van der Waals surface area contributed by atoms with Gasteiger partial charge in [0.15, 0.2) is 5.78 Å². The van der Waals surface area contributed by atoms with Crippen molar-refractivity contribution in [1.82, 2.24) is 4.98 Å². The molecule has 1 N–H and O–H groups in total. The number of benzene rings is 2. The van der Waals surface area contributed by atoms with E-state index in [2.05, 4.69) is 10.3 Å². The van der Waals surface area contributed by atoms with Crippen LogP contribution in [0, 0.1) is 19.7 Å². The fourth-order valence-electron chi connectivity index (χ4n) is 2.66. The van der Waals surface area contributed by atoms with E-state index in [1.165, 1.54) is 13.0 Å². The third-order valence-corrected chi connectivity index (χ3v) is 4.24. The Kier molecular flexibility index (Phi) is 5.16. The number of oxazole rings is 1. The lowest BCUT2D eigenvalue weighted by atomic mass is 10.1. The predicted molar refractivity (Wildman–Crippen MR) is 100 cm³/mol. The molecular formula is C21H19FN2O3. The summed E-state index contributed by atoms with van der Waals surface area (Å²) < 4.78 is 19.4. The third kappa shape index (κ3) is 4.11. The van der Waals surface area contributed by atoms with Crippen molar-refractivity contribution in [3.63, 3.8) is 0 Å². The van der Waals surface area contributed by atoms with Crippen molar-refractivity contribution in [2.24, 2.45) is 0 Å². The topological polar surface area (TPSA) is 72.2 Å². The summed E-state index contributed by atoms with van der Waals surface area (Å²) in [5.74, 6) is -0.213. The number of amides is 1. The van der Waals surface area contributed by atoms with Crippen molar-refractivity contribution in [2.75, 3.05) is 5.32 Å². The van der Waals surface area contributed by atoms with E-state index in [0.29, 0.717) is 22.7 Å². The summed E-state index contributed by atoms with van der Waals surface area (Å²) in [7, 11) is 0. The number of hydrogen-bond acceptors (Lipinski definition) is 4. The van der Waals surface area contributed by atoms with Crippen molar-refractivity contribution in [3.05, 3.63) is 70.9 Å². The van der Waals surface area contributed by atoms with Crippen molar-refractivity contribution in [3.8, 4) is 11.5 Å². The van der Waals surface area contributed by atoms with Crippen LogP contribution in [-0.2, 0) is 11.2 Å². The van der Waals surface area contributed by atoms with E-state index in [9.17, 15) is 14.0 Å². The Balaban J connectivity index is 1.78. The standard InChI is InChI=1S/C21H19FN2O3/c1-12-8-9-15(13(2)25)10-18(12)23-20(26)11-19-14(3)27-21(24-19)16-6-4-5-7-17(16)22/h4-10H,11H2,1-3H3,(H,23,26). The van der Waals surface area contributed by atoms with Crippen LogP contribution in [0.5, 0.6) is 0 Å². The van der Waals surface area contributed by atoms with Crippen molar-refractivity contribution < 1.29 is 18.4 Å². The first-order valence-electron chi connectivity index (χ1n) is 8.48. The van der Waals surface area contributed by atoms with Gasteiger partial charge in [-0.05, 0) is 44.5 Å². The first-order chi connectivity index (χ1) is 12.8. The Morgan fingerprint density at radius 2 is 1.89 bits per heavy atom. The van der Waals surface area contributed by atoms with E-state index in [1.54, 1.807) is 43.3 Å². The molecule has 1 heterocycles. The number of nitrogens with zero attached hydrogens (tertiary/aromatic N) is 1. The molecule has 0 unspecified atom stereocenters. The highest BCUT2D eigenvalue weighted by Crippen LogP contribution is 2.25. The van der Waals surface area contributed by atoms with Crippen LogP contribution in [0.25, 0.3) is 11.5 Å². The summed E-state index contributed by atoms with van der Waals surface area (Å²) in [6.07, 6.45) is -0.0203. The molecule has 138 valence electrons. The molecule has 1 aromatic heterocycles. The maximum Gasteiger partial charge on any atom is 0.230 e. The third-order valence-electron chi connectivity index (χ3n) is 4.24. The number of hydrogen-bond donors (Lipinski definition) is 1. The lowest BCUT2D eigenvalue weighted by Gasteiger charge is -2.09. The van der Waals surface area contributed by atoms with Gasteiger partial charge >= 0.3 is 0 Å². The van der Waals surface area contributed by atoms with Crippen LogP contribution in [0.1, 0.15) is 34.3 Å². The average molecular weight is 366 g/mol. The summed E-state index contributed by atoms with van der Waals surface area (Å²) in [6.45, 7) is 5.00. The molecule has 0 spiro atoms. The Bertz CT molecular complexity index is 1020. The molecule has 0 bridgehead atoms. The molecule has 27 heavy (non-hydrogen) atoms. The molecule has 0 fully saturated rings. The molecule has 0 radical (unpaired) electrons. The molecule has 2 aromatic carbocycles. The normalized spacial score (nSPS) is 10.7. The Morgan fingerprint density at radius 1 is 1.15 bits per heavy atom. The quantitative estimate of drug-likeness (QED) is 0.676. The molecule has 0 saturated carbocycles. The highest BCUT2D eigenvalue weighted by atomic mass is 19.1. The van der Waals surface area contributed by atoms with Gasteiger partial charge in [0.2, 0.25) is 11.8 Å². The number of anilines is 1. The monoisotopic (exact) mass is 366 g/mol. The van der Waals surface area contributed by atoms with Gasteiger partial charge in [0.1, 0.15) is 11.6 Å². The number of aromatic nitrogens is 1. The van der Waals surface area contributed by atoms with Gasteiger partial charge in [0.25, 0.3) is 0 Å². The first kappa shape index (κ1) is 18.5. The van der Waals surface area contributed by atoms with E-state index in [4.69, 9.17) is 4.42 Å². The maximum absolute atomic E-state index is 13.9. The second-order valence-corrected chi connectivity index (χ2v) is 6.31. The van der Waals surface area contributed by atoms with E-state index < -0.39 is 5.82 Å². The molecule has 0 aliphatic heterocycles. The Labute approximate surface area is 156 Å². The van der Waals surface area contributed by atoms with E-state index >= 15 is 0 Å². The highest BCUT2D eigenvalue weighted by Gasteiger charge is 2.17. The largest absolute Gasteiger partial charge is 0.441 e. The van der Waals surface area contributed by atoms with Crippen LogP contribution < -0.4 is 5.32 Å². The predicted octanol–water partition coefficient (Wildman–Crippen LogP) is 4.48. The molecule has 0 saturated heterocycles. The summed E-state index contributed by atoms with van der Waals surface area (Å²) >= 11 is 0. The van der Waals surface area contributed by atoms with Crippen LogP contribution >= 0.6 is 0 Å². The van der Waals surface area contributed by atoms with Gasteiger partial charge in [-0.3, -0.25) is 9.59 Å². The Morgan fingerprint density at radius 3 is 2.59 bits per heavy atom. The smallest absolute Gasteiger partial charge is 0.230 e. The van der Waals surface area contributed by atoms with Crippen LogP contribution in [0.2, 0.25) is 0 Å². The van der Waals surface area contributed by atoms with Gasteiger partial charge in [0.05, 0.1) is 17.7 Å². The minimum absolute atomic E-state index is 0.0203. The van der Waals surface area contributed by atoms with E-state index in [-0.39, 0.29) is 29.6 Å². The van der Waals surface area contributed by atoms with Crippen LogP contribution in [0.3, 0.4) is 0 Å². The first-order valence-corrected chi connectivity index (χ1v) is 8.48. The number of Topliss-reactive ketones (excluding diaryl/α,β-unsaturated/α-hetero) is 1. The fraction of sp³-hybridized carbons (Fsp3) is 0.190. The number of aryl methyl sites for hydroxylation is 2. The van der Waals surface area contributed by atoms with Gasteiger partial charge < -0.3 is 9.73 Å². The van der Waals surface area contributed by atoms with Gasteiger partial charge in [-0.15, -0.1) is 0 Å². The highest BCUT2D eigenvalue weighted by molar-refractivity contribution is 5.98. The molecule has 3 rings (SSSR count). The van der Waals surface area contributed by atoms with Gasteiger partial charge in [-0.25, -0.2) is 9.37 Å². The van der Waals surface area contributed by atoms with Crippen molar-refractivity contribution in [1.29, 1.82) is 0 Å². The summed E-state index contributed by atoms with van der Waals surface area (Å²) in [6, 6.07) is 11.3. The molecule has 3 aromatic rings. The summed E-state index contributed by atoms with van der Waals surface area (Å²) in [5.41, 5.74) is 2.62. The van der Waals surface area contributed by atoms with Crippen LogP contribution in [0.4, 0.5) is 10.1 Å². The minimum atomic E-state index is -0.438. The average Bonchev–Trinajstić information content (AvgIpc) is 2.97. The minimum Gasteiger partial charge on any atom is -0.441 e. The molecular weight excluding hydrogens is 347 g/mol. The second kappa shape index (κ2) is 7.53. The molecule has 6 heteroatoms. The van der Waals surface area contributed by atoms with Gasteiger partial charge in [-0.1, -0.05) is 24.3 Å². The zero-order valence-electron chi connectivity index (χ0n) is 15.3. The molecule has 5 nitrogen and oxygen atoms in total. The summed E-state index contributed by atoms with van der Waals surface area (Å²) in [4.78, 5) is 28.2. The molecule has 1 amide bonds. The van der Waals surface area contributed by atoms with Crippen molar-refractivity contribution in [2.45, 2.75) is 27.2 Å². The van der Waals surface area contributed by atoms with Crippen molar-refractivity contribution >= 4 is 17.4 Å². The molecule has 0 atom stereocenters. The van der Waals surface area contributed by atoms with Gasteiger partial charge in [0, 0.05) is 11.3 Å². The van der Waals surface area contributed by atoms with Gasteiger partial charge in [-0.2, -0.15) is 0 Å². The number of rotatable bonds is 5. The summed E-state index contributed by atoms with van der Waals surface area (Å²) in [5, 5.41) is 2.79. The Hall–Kier alpha value is -3.28. The molecule has 0 aliphatic carbocycles.